The van der Waals surface area contributed by atoms with E-state index in [4.69, 9.17) is 10.5 Å². The first-order chi connectivity index (χ1) is 11.6. The van der Waals surface area contributed by atoms with E-state index in [0.717, 1.165) is 28.1 Å². The molecule has 1 amide bonds. The van der Waals surface area contributed by atoms with E-state index in [2.05, 4.69) is 9.97 Å². The van der Waals surface area contributed by atoms with Crippen LogP contribution in [0.3, 0.4) is 0 Å². The predicted octanol–water partition coefficient (Wildman–Crippen LogP) is 3.24. The number of carbonyl (C=O) groups excluding carboxylic acids is 1. The fraction of sp³-hybridized carbons (Fsp3) is 0.158. The van der Waals surface area contributed by atoms with E-state index in [0.29, 0.717) is 6.61 Å². The van der Waals surface area contributed by atoms with E-state index in [1.165, 1.54) is 0 Å². The van der Waals surface area contributed by atoms with Gasteiger partial charge in [-0.15, -0.1) is 0 Å². The number of nitrogens with zero attached hydrogens (tertiary/aromatic N) is 1. The zero-order valence-corrected chi connectivity index (χ0v) is 13.4. The van der Waals surface area contributed by atoms with Gasteiger partial charge in [-0.25, -0.2) is 4.98 Å². The molecule has 0 spiro atoms. The van der Waals surface area contributed by atoms with Crippen LogP contribution in [0, 0.1) is 0 Å². The summed E-state index contributed by atoms with van der Waals surface area (Å²) < 4.78 is 5.98. The number of benzene rings is 2. The highest BCUT2D eigenvalue weighted by atomic mass is 16.5. The standard InChI is InChI=1S/C19H19N3O2/c1-13(19(20)23)15-6-4-5-14(9-15)11-24-18-8-3-2-7-16(18)17-10-21-12-22-17/h2-10,12-13H,11H2,1H3,(H2,20,23)(H,21,22). The van der Waals surface area contributed by atoms with Gasteiger partial charge in [0.2, 0.25) is 5.91 Å². The normalized spacial score (nSPS) is 11.9. The third kappa shape index (κ3) is 3.46. The van der Waals surface area contributed by atoms with Crippen molar-refractivity contribution in [2.75, 3.05) is 0 Å². The Labute approximate surface area is 140 Å². The second-order valence-electron chi connectivity index (χ2n) is 5.62. The number of primary amides is 1. The molecule has 0 saturated heterocycles. The molecule has 24 heavy (non-hydrogen) atoms. The van der Waals surface area contributed by atoms with Gasteiger partial charge in [0.25, 0.3) is 0 Å². The van der Waals surface area contributed by atoms with Gasteiger partial charge in [-0.1, -0.05) is 36.4 Å². The van der Waals surface area contributed by atoms with Gasteiger partial charge in [-0.3, -0.25) is 4.79 Å². The molecule has 1 unspecified atom stereocenters. The van der Waals surface area contributed by atoms with Crippen molar-refractivity contribution in [3.05, 3.63) is 72.2 Å². The third-order valence-corrected chi connectivity index (χ3v) is 3.95. The minimum absolute atomic E-state index is 0.317. The van der Waals surface area contributed by atoms with Crippen LogP contribution in [-0.2, 0) is 11.4 Å². The Balaban J connectivity index is 1.78. The molecule has 0 saturated carbocycles. The molecule has 0 fully saturated rings. The first-order valence-corrected chi connectivity index (χ1v) is 7.74. The van der Waals surface area contributed by atoms with Crippen molar-refractivity contribution in [3.63, 3.8) is 0 Å². The lowest BCUT2D eigenvalue weighted by atomic mass is 9.99. The average molecular weight is 321 g/mol. The van der Waals surface area contributed by atoms with E-state index in [9.17, 15) is 4.79 Å². The van der Waals surface area contributed by atoms with Gasteiger partial charge in [0.05, 0.1) is 24.1 Å². The quantitative estimate of drug-likeness (QED) is 0.731. The summed E-state index contributed by atoms with van der Waals surface area (Å²) in [6.45, 7) is 2.21. The van der Waals surface area contributed by atoms with Crippen LogP contribution < -0.4 is 10.5 Å². The highest BCUT2D eigenvalue weighted by Gasteiger charge is 2.12. The van der Waals surface area contributed by atoms with Crippen LogP contribution in [0.4, 0.5) is 0 Å². The molecule has 122 valence electrons. The fourth-order valence-electron chi connectivity index (χ4n) is 2.50. The van der Waals surface area contributed by atoms with Crippen molar-refractivity contribution in [2.24, 2.45) is 5.73 Å². The van der Waals surface area contributed by atoms with E-state index in [1.807, 2.05) is 48.5 Å². The number of aromatic nitrogens is 2. The topological polar surface area (TPSA) is 81.0 Å². The minimum Gasteiger partial charge on any atom is -0.488 e. The summed E-state index contributed by atoms with van der Waals surface area (Å²) >= 11 is 0. The van der Waals surface area contributed by atoms with Crippen LogP contribution in [0.15, 0.2) is 61.1 Å². The van der Waals surface area contributed by atoms with Crippen LogP contribution in [0.5, 0.6) is 5.75 Å². The number of aromatic amines is 1. The van der Waals surface area contributed by atoms with Gasteiger partial charge in [0.1, 0.15) is 12.4 Å². The number of nitrogens with one attached hydrogen (secondary N) is 1. The second kappa shape index (κ2) is 7.00. The molecule has 0 aliphatic heterocycles. The maximum absolute atomic E-state index is 11.3. The Morgan fingerprint density at radius 3 is 2.83 bits per heavy atom. The van der Waals surface area contributed by atoms with Crippen LogP contribution in [0.1, 0.15) is 24.0 Å². The number of imidazole rings is 1. The van der Waals surface area contributed by atoms with Crippen molar-refractivity contribution in [1.82, 2.24) is 9.97 Å². The number of H-pyrrole nitrogens is 1. The summed E-state index contributed by atoms with van der Waals surface area (Å²) in [6, 6.07) is 15.5. The first-order valence-electron chi connectivity index (χ1n) is 7.74. The van der Waals surface area contributed by atoms with Crippen molar-refractivity contribution < 1.29 is 9.53 Å². The Hall–Kier alpha value is -3.08. The van der Waals surface area contributed by atoms with Crippen LogP contribution in [-0.4, -0.2) is 15.9 Å². The first kappa shape index (κ1) is 15.8. The fourth-order valence-corrected chi connectivity index (χ4v) is 2.50. The molecule has 0 aliphatic rings. The third-order valence-electron chi connectivity index (χ3n) is 3.95. The lowest BCUT2D eigenvalue weighted by Gasteiger charge is -2.12. The number of rotatable bonds is 6. The predicted molar refractivity (Wildman–Crippen MR) is 92.4 cm³/mol. The summed E-state index contributed by atoms with van der Waals surface area (Å²) in [5, 5.41) is 0. The highest BCUT2D eigenvalue weighted by molar-refractivity contribution is 5.81. The van der Waals surface area contributed by atoms with Crippen LogP contribution in [0.25, 0.3) is 11.3 Å². The summed E-state index contributed by atoms with van der Waals surface area (Å²) in [5.41, 5.74) is 9.12. The number of amides is 1. The molecular formula is C19H19N3O2. The zero-order chi connectivity index (χ0) is 16.9. The maximum atomic E-state index is 11.3. The molecule has 0 radical (unpaired) electrons. The summed E-state index contributed by atoms with van der Waals surface area (Å²) in [5.74, 6) is 0.120. The number of hydrogen-bond donors (Lipinski definition) is 2. The van der Waals surface area contributed by atoms with Gasteiger partial charge >= 0.3 is 0 Å². The molecule has 0 bridgehead atoms. The molecule has 1 aromatic heterocycles. The lowest BCUT2D eigenvalue weighted by molar-refractivity contribution is -0.119. The van der Waals surface area contributed by atoms with Gasteiger partial charge < -0.3 is 15.5 Å². The minimum atomic E-state index is -0.336. The van der Waals surface area contributed by atoms with E-state index in [-0.39, 0.29) is 11.8 Å². The van der Waals surface area contributed by atoms with Crippen LogP contribution in [0.2, 0.25) is 0 Å². The molecule has 3 aromatic rings. The zero-order valence-electron chi connectivity index (χ0n) is 13.4. The number of para-hydroxylation sites is 1. The van der Waals surface area contributed by atoms with Crippen molar-refractivity contribution in [1.29, 1.82) is 0 Å². The average Bonchev–Trinajstić information content (AvgIpc) is 3.14. The largest absolute Gasteiger partial charge is 0.488 e. The molecule has 3 N–H and O–H groups in total. The molecule has 5 heteroatoms. The van der Waals surface area contributed by atoms with Gasteiger partial charge in [-0.05, 0) is 30.2 Å². The number of hydrogen-bond acceptors (Lipinski definition) is 3. The SMILES string of the molecule is CC(C(N)=O)c1cccc(COc2ccccc2-c2cnc[nH]2)c1. The Morgan fingerprint density at radius 2 is 2.08 bits per heavy atom. The summed E-state index contributed by atoms with van der Waals surface area (Å²) in [6.07, 6.45) is 3.40. The Kier molecular flexibility index (Phi) is 4.61. The molecular weight excluding hydrogens is 302 g/mol. The second-order valence-corrected chi connectivity index (χ2v) is 5.62. The summed E-state index contributed by atoms with van der Waals surface area (Å²) in [7, 11) is 0. The van der Waals surface area contributed by atoms with E-state index >= 15 is 0 Å². The number of ether oxygens (including phenoxy) is 1. The summed E-state index contributed by atoms with van der Waals surface area (Å²) in [4.78, 5) is 18.5. The lowest BCUT2D eigenvalue weighted by Crippen LogP contribution is -2.18. The Morgan fingerprint density at radius 1 is 1.25 bits per heavy atom. The molecule has 3 rings (SSSR count). The molecule has 1 heterocycles. The van der Waals surface area contributed by atoms with Crippen molar-refractivity contribution >= 4 is 5.91 Å². The van der Waals surface area contributed by atoms with Gasteiger partial charge in [-0.2, -0.15) is 0 Å². The van der Waals surface area contributed by atoms with Gasteiger partial charge in [0.15, 0.2) is 0 Å². The van der Waals surface area contributed by atoms with Gasteiger partial charge in [0, 0.05) is 5.56 Å². The van der Waals surface area contributed by atoms with Crippen LogP contribution >= 0.6 is 0 Å². The van der Waals surface area contributed by atoms with E-state index < -0.39 is 0 Å². The maximum Gasteiger partial charge on any atom is 0.224 e. The highest BCUT2D eigenvalue weighted by Crippen LogP contribution is 2.28. The Bertz CT molecular complexity index is 828. The number of nitrogens with two attached hydrogens (primary N) is 1. The number of carbonyl (C=O) groups is 1. The smallest absolute Gasteiger partial charge is 0.224 e. The molecule has 2 aromatic carbocycles. The monoisotopic (exact) mass is 321 g/mol. The molecule has 0 aliphatic carbocycles. The molecule has 5 nitrogen and oxygen atoms in total. The van der Waals surface area contributed by atoms with E-state index in [1.54, 1.807) is 19.4 Å². The van der Waals surface area contributed by atoms with Crippen molar-refractivity contribution in [3.8, 4) is 17.0 Å². The van der Waals surface area contributed by atoms with Crippen molar-refractivity contribution in [2.45, 2.75) is 19.4 Å². The molecule has 1 atom stereocenters.